The molecule has 0 aromatic heterocycles. The van der Waals surface area contributed by atoms with Crippen LogP contribution in [0.25, 0.3) is 0 Å². The number of carbonyl (C=O) groups excluding carboxylic acids is 2. The lowest BCUT2D eigenvalue weighted by molar-refractivity contribution is -0.140. The highest BCUT2D eigenvalue weighted by Crippen LogP contribution is 2.13. The second kappa shape index (κ2) is 12.4. The van der Waals surface area contributed by atoms with Crippen LogP contribution in [0.3, 0.4) is 0 Å². The molecule has 0 bridgehead atoms. The monoisotopic (exact) mass is 354 g/mol. The van der Waals surface area contributed by atoms with Crippen LogP contribution in [0, 0.1) is 0 Å². The summed E-state index contributed by atoms with van der Waals surface area (Å²) in [5.41, 5.74) is 2.41. The molecule has 0 fully saturated rings. The molecule has 0 amide bonds. The topological polar surface area (TPSA) is 93.1 Å². The second-order valence-corrected chi connectivity index (χ2v) is 6.12. The van der Waals surface area contributed by atoms with E-state index in [0.717, 1.165) is 11.1 Å². The third kappa shape index (κ3) is 13.1. The van der Waals surface area contributed by atoms with Gasteiger partial charge in [0, 0.05) is 13.8 Å². The summed E-state index contributed by atoms with van der Waals surface area (Å²) in [5.74, 6) is -0.690. The van der Waals surface area contributed by atoms with Gasteiger partial charge in [-0.1, -0.05) is 17.7 Å². The van der Waals surface area contributed by atoms with Gasteiger partial charge in [0.25, 0.3) is 0 Å². The van der Waals surface area contributed by atoms with Crippen molar-refractivity contribution >= 4 is 11.9 Å². The molecule has 0 aliphatic carbocycles. The lowest BCUT2D eigenvalue weighted by Gasteiger charge is -2.13. The maximum atomic E-state index is 10.7. The Kier molecular flexibility index (Phi) is 11.5. The molecule has 0 aliphatic heterocycles. The fourth-order valence-corrected chi connectivity index (χ4v) is 1.96. The van der Waals surface area contributed by atoms with Gasteiger partial charge in [-0.05, 0) is 50.8 Å². The molecule has 2 unspecified atom stereocenters. The molecule has 0 rings (SSSR count). The molecule has 2 atom stereocenters. The minimum Gasteiger partial charge on any atom is -0.462 e. The summed E-state index contributed by atoms with van der Waals surface area (Å²) in [5, 5.41) is 20.2. The van der Waals surface area contributed by atoms with Crippen LogP contribution >= 0.6 is 0 Å². The number of hydrogen-bond donors (Lipinski definition) is 2. The van der Waals surface area contributed by atoms with E-state index in [1.54, 1.807) is 19.1 Å². The van der Waals surface area contributed by atoms with Crippen molar-refractivity contribution in [1.82, 2.24) is 0 Å². The Morgan fingerprint density at radius 2 is 1.52 bits per heavy atom. The van der Waals surface area contributed by atoms with Crippen LogP contribution in [0.4, 0.5) is 0 Å². The largest absolute Gasteiger partial charge is 0.462 e. The van der Waals surface area contributed by atoms with Crippen LogP contribution in [0.1, 0.15) is 47.5 Å². The first kappa shape index (κ1) is 23.1. The molecule has 0 saturated carbocycles. The zero-order chi connectivity index (χ0) is 19.4. The Hall–Kier alpha value is -1.92. The van der Waals surface area contributed by atoms with Crippen molar-refractivity contribution in [3.63, 3.8) is 0 Å². The molecular formula is C19H30O6. The Morgan fingerprint density at radius 1 is 0.920 bits per heavy atom. The van der Waals surface area contributed by atoms with E-state index in [4.69, 9.17) is 9.47 Å². The van der Waals surface area contributed by atoms with E-state index in [0.29, 0.717) is 18.4 Å². The fourth-order valence-electron chi connectivity index (χ4n) is 1.96. The van der Waals surface area contributed by atoms with Crippen molar-refractivity contribution < 1.29 is 29.3 Å². The Balaban J connectivity index is 4.45. The molecule has 6 nitrogen and oxygen atoms in total. The van der Waals surface area contributed by atoms with Crippen LogP contribution < -0.4 is 0 Å². The summed E-state index contributed by atoms with van der Waals surface area (Å²) in [4.78, 5) is 21.4. The van der Waals surface area contributed by atoms with Gasteiger partial charge in [0.05, 0.1) is 12.2 Å². The average molecular weight is 354 g/mol. The number of ether oxygens (including phenoxy) is 2. The van der Waals surface area contributed by atoms with Crippen LogP contribution in [-0.2, 0) is 19.1 Å². The first-order valence-electron chi connectivity index (χ1n) is 8.24. The van der Waals surface area contributed by atoms with E-state index in [9.17, 15) is 19.8 Å². The Bertz CT molecular complexity index is 530. The minimum atomic E-state index is -0.727. The molecule has 0 spiro atoms. The van der Waals surface area contributed by atoms with Gasteiger partial charge in [-0.2, -0.15) is 0 Å². The molecule has 0 aliphatic rings. The average Bonchev–Trinajstić information content (AvgIpc) is 2.49. The third-order valence-electron chi connectivity index (χ3n) is 3.42. The predicted octanol–water partition coefficient (Wildman–Crippen LogP) is 2.45. The van der Waals surface area contributed by atoms with E-state index in [1.807, 2.05) is 19.9 Å². The summed E-state index contributed by atoms with van der Waals surface area (Å²) in [7, 11) is 0. The summed E-state index contributed by atoms with van der Waals surface area (Å²) < 4.78 is 9.68. The van der Waals surface area contributed by atoms with Gasteiger partial charge in [0.15, 0.2) is 0 Å². The zero-order valence-corrected chi connectivity index (χ0v) is 15.7. The molecule has 0 radical (unpaired) electrons. The van der Waals surface area contributed by atoms with Crippen molar-refractivity contribution in [2.45, 2.75) is 59.7 Å². The highest BCUT2D eigenvalue weighted by molar-refractivity contribution is 5.66. The number of esters is 2. The van der Waals surface area contributed by atoms with Crippen molar-refractivity contribution in [2.75, 3.05) is 13.2 Å². The van der Waals surface area contributed by atoms with Crippen LogP contribution in [0.15, 0.2) is 34.9 Å². The van der Waals surface area contributed by atoms with E-state index < -0.39 is 12.2 Å². The van der Waals surface area contributed by atoms with Crippen molar-refractivity contribution in [3.8, 4) is 0 Å². The van der Waals surface area contributed by atoms with Gasteiger partial charge in [-0.25, -0.2) is 0 Å². The van der Waals surface area contributed by atoms with Gasteiger partial charge in [-0.3, -0.25) is 9.59 Å². The minimum absolute atomic E-state index is 0.186. The highest BCUT2D eigenvalue weighted by Gasteiger charge is 2.09. The smallest absolute Gasteiger partial charge is 0.302 e. The molecule has 0 aromatic carbocycles. The second-order valence-electron chi connectivity index (χ2n) is 6.12. The van der Waals surface area contributed by atoms with E-state index >= 15 is 0 Å². The predicted molar refractivity (Wildman–Crippen MR) is 95.8 cm³/mol. The van der Waals surface area contributed by atoms with Gasteiger partial charge in [0.2, 0.25) is 0 Å². The number of carbonyl (C=O) groups is 2. The van der Waals surface area contributed by atoms with Gasteiger partial charge in [0.1, 0.15) is 13.2 Å². The number of hydrogen-bond acceptors (Lipinski definition) is 6. The lowest BCUT2D eigenvalue weighted by atomic mass is 10.0. The molecule has 0 saturated heterocycles. The normalized spacial score (nSPS) is 15.6. The van der Waals surface area contributed by atoms with E-state index in [2.05, 4.69) is 0 Å². The van der Waals surface area contributed by atoms with Crippen molar-refractivity contribution in [1.29, 1.82) is 0 Å². The highest BCUT2D eigenvalue weighted by atomic mass is 16.5. The molecule has 0 heterocycles. The Morgan fingerprint density at radius 3 is 2.08 bits per heavy atom. The van der Waals surface area contributed by atoms with Crippen molar-refractivity contribution in [3.05, 3.63) is 34.9 Å². The molecule has 0 aromatic rings. The molecular weight excluding hydrogens is 324 g/mol. The first-order valence-corrected chi connectivity index (χ1v) is 8.24. The van der Waals surface area contributed by atoms with E-state index in [1.165, 1.54) is 13.8 Å². The molecule has 2 N–H and O–H groups in total. The fraction of sp³-hybridized carbons (Fsp3) is 0.579. The number of aliphatic hydroxyl groups is 2. The van der Waals surface area contributed by atoms with Crippen LogP contribution in [-0.4, -0.2) is 47.6 Å². The maximum absolute atomic E-state index is 10.7. The third-order valence-corrected chi connectivity index (χ3v) is 3.42. The summed E-state index contributed by atoms with van der Waals surface area (Å²) >= 11 is 0. The van der Waals surface area contributed by atoms with Gasteiger partial charge >= 0.3 is 11.9 Å². The van der Waals surface area contributed by atoms with Crippen LogP contribution in [0.2, 0.25) is 0 Å². The molecule has 6 heteroatoms. The molecule has 25 heavy (non-hydrogen) atoms. The summed E-state index contributed by atoms with van der Waals surface area (Å²) in [6.45, 7) is 8.49. The zero-order valence-electron chi connectivity index (χ0n) is 15.7. The lowest BCUT2D eigenvalue weighted by Crippen LogP contribution is -2.12. The maximum Gasteiger partial charge on any atom is 0.302 e. The first-order chi connectivity index (χ1) is 11.6. The molecule has 142 valence electrons. The number of aliphatic hydroxyl groups excluding tert-OH is 2. The number of rotatable bonds is 10. The van der Waals surface area contributed by atoms with Crippen LogP contribution in [0.5, 0.6) is 0 Å². The quantitative estimate of drug-likeness (QED) is 0.462. The Labute approximate surface area is 149 Å². The van der Waals surface area contributed by atoms with Gasteiger partial charge < -0.3 is 19.7 Å². The summed E-state index contributed by atoms with van der Waals surface area (Å²) in [6.07, 6.45) is 4.49. The standard InChI is InChI=1S/C19H30O6/c1-13(8-9-24-16(4)20)10-18(22)11-15(3)19(23)7-6-14(2)12-25-17(5)21/h6,8,11,18-19,22-23H,7,9-10,12H2,1-5H3. The van der Waals surface area contributed by atoms with Gasteiger partial charge in [-0.15, -0.1) is 0 Å². The SMILES string of the molecule is CC(=O)OCC=C(C)CC(O)C=C(C)C(O)CC=C(C)COC(C)=O. The van der Waals surface area contributed by atoms with Crippen molar-refractivity contribution in [2.24, 2.45) is 0 Å². The van der Waals surface area contributed by atoms with E-state index in [-0.39, 0.29) is 25.2 Å². The summed E-state index contributed by atoms with van der Waals surface area (Å²) in [6, 6.07) is 0.